The van der Waals surface area contributed by atoms with E-state index in [0.717, 1.165) is 17.0 Å². The number of hydrogen-bond acceptors (Lipinski definition) is 4. The molecule has 1 heterocycles. The van der Waals surface area contributed by atoms with E-state index in [0.29, 0.717) is 6.54 Å². The molecular weight excluding hydrogens is 292 g/mol. The Bertz CT molecular complexity index is 799. The number of methoxy groups -OCH3 is 1. The van der Waals surface area contributed by atoms with Crippen LogP contribution in [0.2, 0.25) is 0 Å². The van der Waals surface area contributed by atoms with E-state index in [4.69, 9.17) is 4.74 Å². The van der Waals surface area contributed by atoms with E-state index in [1.807, 2.05) is 54.6 Å². The zero-order valence-corrected chi connectivity index (χ0v) is 12.6. The summed E-state index contributed by atoms with van der Waals surface area (Å²) >= 11 is 0. The van der Waals surface area contributed by atoms with Gasteiger partial charge in [-0.1, -0.05) is 35.5 Å². The summed E-state index contributed by atoms with van der Waals surface area (Å²) in [4.78, 5) is 12.2. The number of carbonyl (C=O) groups excluding carboxylic acids is 1. The van der Waals surface area contributed by atoms with Gasteiger partial charge in [-0.15, -0.1) is 5.10 Å². The molecule has 0 atom stereocenters. The summed E-state index contributed by atoms with van der Waals surface area (Å²) in [5.41, 5.74) is 2.08. The molecule has 0 bridgehead atoms. The van der Waals surface area contributed by atoms with Gasteiger partial charge in [0, 0.05) is 6.54 Å². The van der Waals surface area contributed by atoms with Crippen molar-refractivity contribution in [2.24, 2.45) is 0 Å². The van der Waals surface area contributed by atoms with Crippen LogP contribution in [-0.2, 0) is 6.54 Å². The Labute approximate surface area is 133 Å². The topological polar surface area (TPSA) is 69.0 Å². The molecule has 6 heteroatoms. The third kappa shape index (κ3) is 3.55. The Hall–Kier alpha value is -3.15. The fourth-order valence-corrected chi connectivity index (χ4v) is 2.13. The molecule has 0 aliphatic heterocycles. The van der Waals surface area contributed by atoms with E-state index in [1.165, 1.54) is 0 Å². The molecule has 0 saturated heterocycles. The molecule has 0 spiro atoms. The summed E-state index contributed by atoms with van der Waals surface area (Å²) in [6, 6.07) is 17.0. The maximum atomic E-state index is 12.2. The molecule has 6 nitrogen and oxygen atoms in total. The van der Waals surface area contributed by atoms with Gasteiger partial charge in [0.1, 0.15) is 5.75 Å². The number of aromatic nitrogens is 3. The van der Waals surface area contributed by atoms with Crippen LogP contribution in [0.3, 0.4) is 0 Å². The summed E-state index contributed by atoms with van der Waals surface area (Å²) in [5, 5.41) is 10.7. The highest BCUT2D eigenvalue weighted by Gasteiger charge is 2.11. The highest BCUT2D eigenvalue weighted by molar-refractivity contribution is 5.91. The van der Waals surface area contributed by atoms with Crippen molar-refractivity contribution in [3.8, 4) is 11.4 Å². The molecule has 1 amide bonds. The van der Waals surface area contributed by atoms with Crippen molar-refractivity contribution in [3.63, 3.8) is 0 Å². The van der Waals surface area contributed by atoms with Crippen molar-refractivity contribution < 1.29 is 9.53 Å². The minimum atomic E-state index is -0.269. The first kappa shape index (κ1) is 14.8. The average molecular weight is 308 g/mol. The number of hydrogen-bond donors (Lipinski definition) is 1. The quantitative estimate of drug-likeness (QED) is 0.784. The van der Waals surface area contributed by atoms with Crippen LogP contribution < -0.4 is 10.1 Å². The van der Waals surface area contributed by atoms with Crippen molar-refractivity contribution >= 4 is 5.91 Å². The Morgan fingerprint density at radius 2 is 2.00 bits per heavy atom. The van der Waals surface area contributed by atoms with E-state index in [9.17, 15) is 4.79 Å². The minimum Gasteiger partial charge on any atom is -0.497 e. The van der Waals surface area contributed by atoms with Gasteiger partial charge >= 0.3 is 0 Å². The van der Waals surface area contributed by atoms with Crippen molar-refractivity contribution in [1.82, 2.24) is 20.3 Å². The van der Waals surface area contributed by atoms with E-state index >= 15 is 0 Å². The highest BCUT2D eigenvalue weighted by atomic mass is 16.5. The number of amides is 1. The van der Waals surface area contributed by atoms with Crippen LogP contribution in [0.5, 0.6) is 5.75 Å². The van der Waals surface area contributed by atoms with Crippen LogP contribution in [0.15, 0.2) is 60.8 Å². The van der Waals surface area contributed by atoms with Gasteiger partial charge in [-0.05, 0) is 29.8 Å². The molecule has 0 radical (unpaired) electrons. The first-order valence-corrected chi connectivity index (χ1v) is 7.15. The second-order valence-corrected chi connectivity index (χ2v) is 4.92. The van der Waals surface area contributed by atoms with Gasteiger partial charge < -0.3 is 10.1 Å². The van der Waals surface area contributed by atoms with Gasteiger partial charge in [0.15, 0.2) is 5.69 Å². The smallest absolute Gasteiger partial charge is 0.273 e. The third-order valence-electron chi connectivity index (χ3n) is 3.33. The number of ether oxygens (including phenoxy) is 1. The predicted octanol–water partition coefficient (Wildman–Crippen LogP) is 2.21. The summed E-state index contributed by atoms with van der Waals surface area (Å²) in [5.74, 6) is 0.488. The number of para-hydroxylation sites is 1. The molecule has 0 aliphatic carbocycles. The lowest BCUT2D eigenvalue weighted by Crippen LogP contribution is -2.23. The Morgan fingerprint density at radius 3 is 2.78 bits per heavy atom. The lowest BCUT2D eigenvalue weighted by Gasteiger charge is -2.05. The molecule has 1 N–H and O–H groups in total. The summed E-state index contributed by atoms with van der Waals surface area (Å²) < 4.78 is 6.73. The average Bonchev–Trinajstić information content (AvgIpc) is 3.11. The van der Waals surface area contributed by atoms with Gasteiger partial charge in [0.05, 0.1) is 19.0 Å². The standard InChI is InChI=1S/C17H16N4O2/c1-23-15-9-5-6-13(10-15)11-18-17(22)16-12-21(20-19-16)14-7-3-2-4-8-14/h2-10,12H,11H2,1H3,(H,18,22). The van der Waals surface area contributed by atoms with Gasteiger partial charge in [-0.3, -0.25) is 4.79 Å². The molecule has 0 unspecified atom stereocenters. The molecule has 23 heavy (non-hydrogen) atoms. The zero-order valence-electron chi connectivity index (χ0n) is 12.6. The van der Waals surface area contributed by atoms with Crippen molar-refractivity contribution in [3.05, 3.63) is 72.1 Å². The zero-order chi connectivity index (χ0) is 16.1. The van der Waals surface area contributed by atoms with Gasteiger partial charge in [-0.2, -0.15) is 0 Å². The van der Waals surface area contributed by atoms with E-state index in [1.54, 1.807) is 18.0 Å². The molecule has 2 aromatic carbocycles. The van der Waals surface area contributed by atoms with E-state index < -0.39 is 0 Å². The first-order valence-electron chi connectivity index (χ1n) is 7.15. The van der Waals surface area contributed by atoms with Gasteiger partial charge in [0.2, 0.25) is 0 Å². The van der Waals surface area contributed by atoms with Gasteiger partial charge in [-0.25, -0.2) is 4.68 Å². The number of benzene rings is 2. The molecule has 3 aromatic rings. The minimum absolute atomic E-state index is 0.269. The molecule has 1 aromatic heterocycles. The monoisotopic (exact) mass is 308 g/mol. The second-order valence-electron chi connectivity index (χ2n) is 4.92. The lowest BCUT2D eigenvalue weighted by molar-refractivity contribution is 0.0946. The lowest BCUT2D eigenvalue weighted by atomic mass is 10.2. The van der Waals surface area contributed by atoms with Crippen molar-refractivity contribution in [2.45, 2.75) is 6.54 Å². The number of nitrogens with zero attached hydrogens (tertiary/aromatic N) is 3. The van der Waals surface area contributed by atoms with Crippen LogP contribution in [-0.4, -0.2) is 28.0 Å². The van der Waals surface area contributed by atoms with Crippen LogP contribution in [0.1, 0.15) is 16.1 Å². The molecule has 0 aliphatic rings. The maximum absolute atomic E-state index is 12.2. The number of rotatable bonds is 5. The van der Waals surface area contributed by atoms with Crippen LogP contribution in [0.4, 0.5) is 0 Å². The molecule has 3 rings (SSSR count). The molecular formula is C17H16N4O2. The van der Waals surface area contributed by atoms with Crippen LogP contribution >= 0.6 is 0 Å². The maximum Gasteiger partial charge on any atom is 0.273 e. The molecule has 0 fully saturated rings. The van der Waals surface area contributed by atoms with E-state index in [-0.39, 0.29) is 11.6 Å². The summed E-state index contributed by atoms with van der Waals surface area (Å²) in [7, 11) is 1.61. The van der Waals surface area contributed by atoms with E-state index in [2.05, 4.69) is 15.6 Å². The second kappa shape index (κ2) is 6.74. The molecule has 116 valence electrons. The Kier molecular flexibility index (Phi) is 4.33. The normalized spacial score (nSPS) is 10.3. The van der Waals surface area contributed by atoms with Crippen molar-refractivity contribution in [1.29, 1.82) is 0 Å². The first-order chi connectivity index (χ1) is 11.3. The fourth-order valence-electron chi connectivity index (χ4n) is 2.13. The number of carbonyl (C=O) groups is 1. The Balaban J connectivity index is 1.66. The van der Waals surface area contributed by atoms with Crippen LogP contribution in [0, 0.1) is 0 Å². The van der Waals surface area contributed by atoms with Crippen LogP contribution in [0.25, 0.3) is 5.69 Å². The van der Waals surface area contributed by atoms with Gasteiger partial charge in [0.25, 0.3) is 5.91 Å². The third-order valence-corrected chi connectivity index (χ3v) is 3.33. The summed E-state index contributed by atoms with van der Waals surface area (Å²) in [6.07, 6.45) is 1.61. The number of nitrogens with one attached hydrogen (secondary N) is 1. The largest absolute Gasteiger partial charge is 0.497 e. The fraction of sp³-hybridized carbons (Fsp3) is 0.118. The SMILES string of the molecule is COc1cccc(CNC(=O)c2cn(-c3ccccc3)nn2)c1. The predicted molar refractivity (Wildman–Crippen MR) is 85.5 cm³/mol. The Morgan fingerprint density at radius 1 is 1.17 bits per heavy atom. The highest BCUT2D eigenvalue weighted by Crippen LogP contribution is 2.12. The van der Waals surface area contributed by atoms with Crippen molar-refractivity contribution in [2.75, 3.05) is 7.11 Å². The summed E-state index contributed by atoms with van der Waals surface area (Å²) in [6.45, 7) is 0.397. The molecule has 0 saturated carbocycles.